The molecule has 84 valence electrons. The maximum atomic E-state index is 9.13. The maximum Gasteiger partial charge on any atom is 0.202 e. The number of nitrogens with two attached hydrogens (primary N) is 1. The minimum atomic E-state index is -0.330. The third kappa shape index (κ3) is 3.98. The summed E-state index contributed by atoms with van der Waals surface area (Å²) in [6, 6.07) is 9.34. The largest absolute Gasteiger partial charge is 0.394 e. The molecule has 16 heavy (non-hydrogen) atoms. The number of hydrogen-bond donors (Lipinski definition) is 3. The molecule has 0 saturated carbocycles. The van der Waals surface area contributed by atoms with E-state index < -0.39 is 0 Å². The predicted octanol–water partition coefficient (Wildman–Crippen LogP) is -0.0246. The number of hydrogen-bond acceptors (Lipinski definition) is 3. The fraction of sp³-hybridized carbons (Fsp3) is 0.273. The van der Waals surface area contributed by atoms with Crippen molar-refractivity contribution in [2.45, 2.75) is 12.5 Å². The van der Waals surface area contributed by atoms with Crippen LogP contribution in [-0.4, -0.2) is 23.7 Å². The monoisotopic (exact) mass is 218 g/mol. The Bertz CT molecular complexity index is 383. The van der Waals surface area contributed by atoms with E-state index in [9.17, 15) is 0 Å². The van der Waals surface area contributed by atoms with Crippen LogP contribution in [0.4, 0.5) is 0 Å². The van der Waals surface area contributed by atoms with Gasteiger partial charge in [-0.15, -0.1) is 0 Å². The first-order chi connectivity index (χ1) is 7.76. The van der Waals surface area contributed by atoms with Gasteiger partial charge >= 0.3 is 0 Å². The zero-order valence-corrected chi connectivity index (χ0v) is 8.80. The van der Waals surface area contributed by atoms with Crippen LogP contribution in [0.3, 0.4) is 0 Å². The highest BCUT2D eigenvalue weighted by Crippen LogP contribution is 2.05. The Balaban J connectivity index is 2.63. The van der Waals surface area contributed by atoms with Crippen LogP contribution in [0.5, 0.6) is 0 Å². The standard InChI is InChI=1S/C11H14N4O/c12-8-14-11(13)15-10(7-16)6-9-4-2-1-3-5-9/h1-5,10,16H,6-7H2,(H3,13,14,15)/t10-/m0/s1. The van der Waals surface area contributed by atoms with E-state index in [0.717, 1.165) is 5.56 Å². The molecule has 1 rings (SSSR count). The van der Waals surface area contributed by atoms with E-state index in [0.29, 0.717) is 6.42 Å². The maximum absolute atomic E-state index is 9.13. The molecule has 1 aromatic carbocycles. The molecule has 5 nitrogen and oxygen atoms in total. The number of aliphatic hydroxyl groups excluding tert-OH is 1. The Morgan fingerprint density at radius 1 is 1.50 bits per heavy atom. The second-order valence-corrected chi connectivity index (χ2v) is 3.28. The molecule has 1 aromatic rings. The lowest BCUT2D eigenvalue weighted by atomic mass is 10.1. The minimum Gasteiger partial charge on any atom is -0.394 e. The SMILES string of the molecule is N#CNC(N)=N[C@H](CO)Cc1ccccc1. The van der Waals surface area contributed by atoms with E-state index in [2.05, 4.69) is 10.3 Å². The van der Waals surface area contributed by atoms with Crippen LogP contribution in [0.1, 0.15) is 5.56 Å². The highest BCUT2D eigenvalue weighted by atomic mass is 16.3. The van der Waals surface area contributed by atoms with Gasteiger partial charge < -0.3 is 10.8 Å². The Morgan fingerprint density at radius 2 is 2.19 bits per heavy atom. The van der Waals surface area contributed by atoms with Crippen molar-refractivity contribution in [1.82, 2.24) is 5.32 Å². The van der Waals surface area contributed by atoms with E-state index in [1.165, 1.54) is 0 Å². The van der Waals surface area contributed by atoms with Crippen molar-refractivity contribution in [2.75, 3.05) is 6.61 Å². The molecule has 0 aromatic heterocycles. The van der Waals surface area contributed by atoms with Gasteiger partial charge in [-0.3, -0.25) is 5.32 Å². The second kappa shape index (κ2) is 6.43. The Labute approximate surface area is 94.2 Å². The molecule has 0 heterocycles. The molecule has 0 aliphatic carbocycles. The number of nitrogens with zero attached hydrogens (tertiary/aromatic N) is 2. The van der Waals surface area contributed by atoms with Gasteiger partial charge in [0.1, 0.15) is 0 Å². The third-order valence-corrected chi connectivity index (χ3v) is 2.03. The quantitative estimate of drug-likeness (QED) is 0.286. The van der Waals surface area contributed by atoms with E-state index in [-0.39, 0.29) is 18.6 Å². The summed E-state index contributed by atoms with van der Waals surface area (Å²) in [5.41, 5.74) is 6.48. The molecular formula is C11H14N4O. The number of benzene rings is 1. The van der Waals surface area contributed by atoms with Crippen molar-refractivity contribution in [2.24, 2.45) is 10.7 Å². The minimum absolute atomic E-state index is 0.0254. The summed E-state index contributed by atoms with van der Waals surface area (Å²) in [6.45, 7) is -0.108. The van der Waals surface area contributed by atoms with Gasteiger partial charge in [0, 0.05) is 0 Å². The van der Waals surface area contributed by atoms with Gasteiger partial charge in [-0.2, -0.15) is 5.26 Å². The fourth-order valence-electron chi connectivity index (χ4n) is 1.32. The molecule has 0 amide bonds. The number of nitriles is 1. The van der Waals surface area contributed by atoms with Crippen LogP contribution in [0.15, 0.2) is 35.3 Å². The Kier molecular flexibility index (Phi) is 4.83. The molecule has 0 radical (unpaired) electrons. The van der Waals surface area contributed by atoms with Gasteiger partial charge in [0.15, 0.2) is 6.19 Å². The van der Waals surface area contributed by atoms with Crippen LogP contribution in [0, 0.1) is 11.5 Å². The molecule has 0 spiro atoms. The highest BCUT2D eigenvalue weighted by Gasteiger charge is 2.07. The number of guanidine groups is 1. The topological polar surface area (TPSA) is 94.4 Å². The smallest absolute Gasteiger partial charge is 0.202 e. The molecule has 0 bridgehead atoms. The lowest BCUT2D eigenvalue weighted by Crippen LogP contribution is -2.30. The van der Waals surface area contributed by atoms with E-state index in [1.807, 2.05) is 30.3 Å². The summed E-state index contributed by atoms with van der Waals surface area (Å²) in [7, 11) is 0. The van der Waals surface area contributed by atoms with Crippen molar-refractivity contribution in [3.63, 3.8) is 0 Å². The van der Waals surface area contributed by atoms with Crippen molar-refractivity contribution < 1.29 is 5.11 Å². The van der Waals surface area contributed by atoms with Crippen molar-refractivity contribution in [3.05, 3.63) is 35.9 Å². The third-order valence-electron chi connectivity index (χ3n) is 2.03. The normalized spacial score (nSPS) is 12.9. The van der Waals surface area contributed by atoms with Crippen LogP contribution >= 0.6 is 0 Å². The Hall–Kier alpha value is -2.06. The lowest BCUT2D eigenvalue weighted by molar-refractivity contribution is 0.266. The summed E-state index contributed by atoms with van der Waals surface area (Å²) in [5, 5.41) is 19.7. The number of aliphatic imine (C=N–C) groups is 1. The van der Waals surface area contributed by atoms with Crippen molar-refractivity contribution >= 4 is 5.96 Å². The average Bonchev–Trinajstić information content (AvgIpc) is 2.30. The van der Waals surface area contributed by atoms with Gasteiger partial charge in [-0.25, -0.2) is 4.99 Å². The predicted molar refractivity (Wildman–Crippen MR) is 61.4 cm³/mol. The van der Waals surface area contributed by atoms with Crippen LogP contribution in [0.2, 0.25) is 0 Å². The summed E-state index contributed by atoms with van der Waals surface area (Å²) < 4.78 is 0. The summed E-state index contributed by atoms with van der Waals surface area (Å²) in [4.78, 5) is 3.99. The van der Waals surface area contributed by atoms with Crippen molar-refractivity contribution in [1.29, 1.82) is 5.26 Å². The first-order valence-corrected chi connectivity index (χ1v) is 4.89. The Morgan fingerprint density at radius 3 is 2.75 bits per heavy atom. The molecule has 0 saturated heterocycles. The lowest BCUT2D eigenvalue weighted by Gasteiger charge is -2.10. The van der Waals surface area contributed by atoms with Gasteiger partial charge in [0.05, 0.1) is 12.6 Å². The highest BCUT2D eigenvalue weighted by molar-refractivity contribution is 5.79. The van der Waals surface area contributed by atoms with E-state index >= 15 is 0 Å². The second-order valence-electron chi connectivity index (χ2n) is 3.28. The zero-order chi connectivity index (χ0) is 11.8. The molecule has 4 N–H and O–H groups in total. The molecule has 5 heteroatoms. The number of nitrogens with one attached hydrogen (secondary N) is 1. The molecule has 0 unspecified atom stereocenters. The van der Waals surface area contributed by atoms with Gasteiger partial charge in [0.25, 0.3) is 0 Å². The van der Waals surface area contributed by atoms with Gasteiger partial charge in [-0.05, 0) is 12.0 Å². The molecule has 0 fully saturated rings. The van der Waals surface area contributed by atoms with Crippen molar-refractivity contribution in [3.8, 4) is 6.19 Å². The summed E-state index contributed by atoms with van der Waals surface area (Å²) >= 11 is 0. The van der Waals surface area contributed by atoms with Crippen LogP contribution in [0.25, 0.3) is 0 Å². The van der Waals surface area contributed by atoms with E-state index in [4.69, 9.17) is 16.1 Å². The first-order valence-electron chi connectivity index (χ1n) is 4.89. The van der Waals surface area contributed by atoms with E-state index in [1.54, 1.807) is 6.19 Å². The number of aliphatic hydroxyl groups is 1. The van der Waals surface area contributed by atoms with Gasteiger partial charge in [-0.1, -0.05) is 30.3 Å². The van der Waals surface area contributed by atoms with Gasteiger partial charge in [0.2, 0.25) is 5.96 Å². The zero-order valence-electron chi connectivity index (χ0n) is 8.80. The summed E-state index contributed by atoms with van der Waals surface area (Å²) in [5.74, 6) is 0.0254. The fourth-order valence-corrected chi connectivity index (χ4v) is 1.32. The van der Waals surface area contributed by atoms with Crippen LogP contribution in [-0.2, 0) is 6.42 Å². The molecule has 1 atom stereocenters. The van der Waals surface area contributed by atoms with Crippen LogP contribution < -0.4 is 11.1 Å². The molecule has 0 aliphatic heterocycles. The number of rotatable bonds is 4. The molecule has 0 aliphatic rings. The first kappa shape index (κ1) is 12.0. The molecular weight excluding hydrogens is 204 g/mol. The summed E-state index contributed by atoms with van der Waals surface area (Å²) in [6.07, 6.45) is 2.26. The average molecular weight is 218 g/mol.